The van der Waals surface area contributed by atoms with Gasteiger partial charge in [0.1, 0.15) is 6.04 Å². The third-order valence-electron chi connectivity index (χ3n) is 5.56. The van der Waals surface area contributed by atoms with Crippen LogP contribution in [-0.4, -0.2) is 46.8 Å². The minimum absolute atomic E-state index is 0.187. The summed E-state index contributed by atoms with van der Waals surface area (Å²) in [7, 11) is 1.74. The monoisotopic (exact) mass is 404 g/mol. The number of urea groups is 1. The molecule has 2 aliphatic rings. The lowest BCUT2D eigenvalue weighted by Crippen LogP contribution is -2.64. The maximum absolute atomic E-state index is 13.1. The van der Waals surface area contributed by atoms with E-state index in [0.29, 0.717) is 11.3 Å². The lowest BCUT2D eigenvalue weighted by atomic mass is 9.98. The average molecular weight is 404 g/mol. The van der Waals surface area contributed by atoms with Gasteiger partial charge in [0.05, 0.1) is 18.2 Å². The molecule has 2 atom stereocenters. The number of anilines is 1. The van der Waals surface area contributed by atoms with Crippen LogP contribution in [0.1, 0.15) is 16.7 Å². The van der Waals surface area contributed by atoms with E-state index in [4.69, 9.17) is 0 Å². The molecule has 0 radical (unpaired) electrons. The Hall–Kier alpha value is -3.61. The fourth-order valence-electron chi connectivity index (χ4n) is 3.91. The molecule has 7 heteroatoms. The zero-order valence-corrected chi connectivity index (χ0v) is 17.2. The van der Waals surface area contributed by atoms with Gasteiger partial charge in [-0.3, -0.25) is 14.5 Å². The van der Waals surface area contributed by atoms with Crippen LogP contribution >= 0.6 is 0 Å². The summed E-state index contributed by atoms with van der Waals surface area (Å²) in [4.78, 5) is 41.7. The molecule has 1 fully saturated rings. The van der Waals surface area contributed by atoms with Crippen molar-refractivity contribution in [3.05, 3.63) is 77.0 Å². The molecule has 0 aliphatic carbocycles. The molecule has 2 aliphatic heterocycles. The number of imide groups is 1. The number of aryl methyl sites for hydroxylation is 2. The Morgan fingerprint density at radius 3 is 2.57 bits per heavy atom. The summed E-state index contributed by atoms with van der Waals surface area (Å²) in [6, 6.07) is 13.3. The molecule has 0 saturated carbocycles. The van der Waals surface area contributed by atoms with Crippen LogP contribution in [-0.2, 0) is 16.1 Å². The highest BCUT2D eigenvalue weighted by Crippen LogP contribution is 2.28. The average Bonchev–Trinajstić information content (AvgIpc) is 3.05. The van der Waals surface area contributed by atoms with Gasteiger partial charge in [0.25, 0.3) is 11.8 Å². The van der Waals surface area contributed by atoms with E-state index in [1.54, 1.807) is 18.1 Å². The van der Waals surface area contributed by atoms with E-state index in [9.17, 15) is 14.4 Å². The topological polar surface area (TPSA) is 81.8 Å². The molecule has 2 aromatic rings. The number of carbonyl (C=O) groups excluding carboxylic acids is 3. The van der Waals surface area contributed by atoms with E-state index in [-0.39, 0.29) is 18.4 Å². The fourth-order valence-corrected chi connectivity index (χ4v) is 3.91. The molecule has 4 amide bonds. The molecule has 1 saturated heterocycles. The second kappa shape index (κ2) is 7.67. The van der Waals surface area contributed by atoms with Gasteiger partial charge in [-0.1, -0.05) is 42.5 Å². The number of amides is 4. The van der Waals surface area contributed by atoms with Crippen molar-refractivity contribution in [1.29, 1.82) is 0 Å². The SMILES string of the molecule is Cc1ccc(C)c(NC(=O)C2=CN(C)C3C(=O)N(Cc4ccccc4)C(=O)NC23)c1. The third kappa shape index (κ3) is 3.54. The van der Waals surface area contributed by atoms with Gasteiger partial charge in [0.15, 0.2) is 0 Å². The van der Waals surface area contributed by atoms with Crippen LogP contribution in [0.5, 0.6) is 0 Å². The predicted molar refractivity (Wildman–Crippen MR) is 113 cm³/mol. The van der Waals surface area contributed by atoms with Crippen molar-refractivity contribution in [3.8, 4) is 0 Å². The van der Waals surface area contributed by atoms with Crippen LogP contribution in [0.3, 0.4) is 0 Å². The van der Waals surface area contributed by atoms with Crippen LogP contribution in [0.25, 0.3) is 0 Å². The highest BCUT2D eigenvalue weighted by Gasteiger charge is 2.49. The number of rotatable bonds is 4. The van der Waals surface area contributed by atoms with E-state index < -0.39 is 18.1 Å². The Labute approximate surface area is 175 Å². The van der Waals surface area contributed by atoms with Gasteiger partial charge in [0.2, 0.25) is 0 Å². The first-order valence-electron chi connectivity index (χ1n) is 9.83. The number of fused-ring (bicyclic) bond motifs is 1. The Morgan fingerprint density at radius 2 is 1.83 bits per heavy atom. The first kappa shape index (κ1) is 19.7. The quantitative estimate of drug-likeness (QED) is 0.821. The van der Waals surface area contributed by atoms with Gasteiger partial charge >= 0.3 is 6.03 Å². The molecule has 4 rings (SSSR count). The zero-order chi connectivity index (χ0) is 21.4. The summed E-state index contributed by atoms with van der Waals surface area (Å²) in [6.07, 6.45) is 1.64. The Balaban J connectivity index is 1.53. The van der Waals surface area contributed by atoms with Crippen molar-refractivity contribution < 1.29 is 14.4 Å². The number of nitrogens with zero attached hydrogens (tertiary/aromatic N) is 2. The number of hydrogen-bond donors (Lipinski definition) is 2. The van der Waals surface area contributed by atoms with Crippen LogP contribution in [0.2, 0.25) is 0 Å². The summed E-state index contributed by atoms with van der Waals surface area (Å²) in [5.74, 6) is -0.645. The zero-order valence-electron chi connectivity index (χ0n) is 17.2. The van der Waals surface area contributed by atoms with E-state index in [2.05, 4.69) is 10.6 Å². The van der Waals surface area contributed by atoms with Crippen molar-refractivity contribution in [2.75, 3.05) is 12.4 Å². The second-order valence-corrected chi connectivity index (χ2v) is 7.80. The molecule has 0 bridgehead atoms. The fraction of sp³-hybridized carbons (Fsp3) is 0.261. The van der Waals surface area contributed by atoms with Crippen LogP contribution in [0, 0.1) is 13.8 Å². The molecule has 2 heterocycles. The van der Waals surface area contributed by atoms with Crippen molar-refractivity contribution >= 4 is 23.5 Å². The molecule has 30 heavy (non-hydrogen) atoms. The molecule has 154 valence electrons. The first-order chi connectivity index (χ1) is 14.3. The number of hydrogen-bond acceptors (Lipinski definition) is 4. The van der Waals surface area contributed by atoms with Gasteiger partial charge in [-0.15, -0.1) is 0 Å². The Kier molecular flexibility index (Phi) is 5.03. The van der Waals surface area contributed by atoms with Crippen LogP contribution in [0.4, 0.5) is 10.5 Å². The Morgan fingerprint density at radius 1 is 1.10 bits per heavy atom. The van der Waals surface area contributed by atoms with Gasteiger partial charge < -0.3 is 15.5 Å². The highest BCUT2D eigenvalue weighted by molar-refractivity contribution is 6.09. The summed E-state index contributed by atoms with van der Waals surface area (Å²) in [5.41, 5.74) is 3.91. The predicted octanol–water partition coefficient (Wildman–Crippen LogP) is 2.56. The molecule has 0 aromatic heterocycles. The number of nitrogens with one attached hydrogen (secondary N) is 2. The number of benzene rings is 2. The summed E-state index contributed by atoms with van der Waals surface area (Å²) < 4.78 is 0. The second-order valence-electron chi connectivity index (χ2n) is 7.80. The normalized spacial score (nSPS) is 20.6. The molecule has 2 unspecified atom stereocenters. The summed E-state index contributed by atoms with van der Waals surface area (Å²) in [6.45, 7) is 4.06. The van der Waals surface area contributed by atoms with Crippen molar-refractivity contribution in [2.24, 2.45) is 0 Å². The van der Waals surface area contributed by atoms with Gasteiger partial charge in [0, 0.05) is 18.9 Å². The number of carbonyl (C=O) groups is 3. The molecular formula is C23H24N4O3. The van der Waals surface area contributed by atoms with Crippen molar-refractivity contribution in [3.63, 3.8) is 0 Å². The van der Waals surface area contributed by atoms with E-state index in [0.717, 1.165) is 16.7 Å². The smallest absolute Gasteiger partial charge is 0.325 e. The van der Waals surface area contributed by atoms with Gasteiger partial charge in [-0.05, 0) is 36.6 Å². The maximum Gasteiger partial charge on any atom is 0.325 e. The molecule has 2 N–H and O–H groups in total. The van der Waals surface area contributed by atoms with Gasteiger partial charge in [-0.25, -0.2) is 4.79 Å². The van der Waals surface area contributed by atoms with Crippen molar-refractivity contribution in [2.45, 2.75) is 32.5 Å². The molecule has 0 spiro atoms. The first-order valence-corrected chi connectivity index (χ1v) is 9.83. The largest absolute Gasteiger partial charge is 0.366 e. The standard InChI is InChI=1S/C23H24N4O3/c1-14-9-10-15(2)18(11-14)24-21(28)17-13-26(3)20-19(17)25-23(30)27(22(20)29)12-16-7-5-4-6-8-16/h4-11,13,19-20H,12H2,1-3H3,(H,24,28)(H,25,30). The lowest BCUT2D eigenvalue weighted by molar-refractivity contribution is -0.134. The minimum Gasteiger partial charge on any atom is -0.366 e. The van der Waals surface area contributed by atoms with E-state index in [1.807, 2.05) is 62.4 Å². The molecule has 2 aromatic carbocycles. The van der Waals surface area contributed by atoms with Crippen LogP contribution in [0.15, 0.2) is 60.3 Å². The lowest BCUT2D eigenvalue weighted by Gasteiger charge is -2.37. The van der Waals surface area contributed by atoms with Crippen molar-refractivity contribution in [1.82, 2.24) is 15.1 Å². The molecular weight excluding hydrogens is 380 g/mol. The van der Waals surface area contributed by atoms with E-state index >= 15 is 0 Å². The highest BCUT2D eigenvalue weighted by atomic mass is 16.2. The Bertz CT molecular complexity index is 1050. The number of likely N-dealkylation sites (N-methyl/N-ethyl adjacent to an activating group) is 1. The van der Waals surface area contributed by atoms with Crippen LogP contribution < -0.4 is 10.6 Å². The summed E-state index contributed by atoms with van der Waals surface area (Å²) in [5, 5.41) is 5.76. The maximum atomic E-state index is 13.1. The van der Waals surface area contributed by atoms with Gasteiger partial charge in [-0.2, -0.15) is 0 Å². The summed E-state index contributed by atoms with van der Waals surface area (Å²) >= 11 is 0. The molecule has 7 nitrogen and oxygen atoms in total. The minimum atomic E-state index is -0.688. The third-order valence-corrected chi connectivity index (χ3v) is 5.56. The van der Waals surface area contributed by atoms with E-state index in [1.165, 1.54) is 4.90 Å².